The monoisotopic (exact) mass is 302 g/mol. The first-order valence-corrected chi connectivity index (χ1v) is 9.81. The molecule has 0 radical (unpaired) electrons. The predicted octanol–water partition coefficient (Wildman–Crippen LogP) is 5.67. The van der Waals surface area contributed by atoms with Gasteiger partial charge in [0.15, 0.2) is 0 Å². The van der Waals surface area contributed by atoms with Crippen molar-refractivity contribution in [2.75, 3.05) is 39.3 Å². The van der Waals surface area contributed by atoms with Gasteiger partial charge in [0.05, 0.1) is 0 Å². The van der Waals surface area contributed by atoms with E-state index in [1.54, 1.807) is 0 Å². The van der Waals surface area contributed by atoms with E-state index in [1.165, 1.54) is 71.4 Å². The Kier molecular flexibility index (Phi) is 30.7. The molecule has 132 valence electrons. The molecule has 0 saturated carbocycles. The molecule has 21 heavy (non-hydrogen) atoms. The summed E-state index contributed by atoms with van der Waals surface area (Å²) >= 11 is 0. The van der Waals surface area contributed by atoms with Gasteiger partial charge < -0.3 is 9.80 Å². The van der Waals surface area contributed by atoms with Gasteiger partial charge in [-0.15, -0.1) is 0 Å². The highest BCUT2D eigenvalue weighted by Gasteiger charge is 2.08. The van der Waals surface area contributed by atoms with Crippen molar-refractivity contribution in [3.8, 4) is 0 Å². The summed E-state index contributed by atoms with van der Waals surface area (Å²) < 4.78 is 0. The van der Waals surface area contributed by atoms with Gasteiger partial charge in [-0.2, -0.15) is 0 Å². The van der Waals surface area contributed by atoms with Crippen molar-refractivity contribution >= 4 is 0 Å². The van der Waals surface area contributed by atoms with Crippen LogP contribution in [-0.4, -0.2) is 49.1 Å². The Morgan fingerprint density at radius 3 is 1.14 bits per heavy atom. The van der Waals surface area contributed by atoms with E-state index >= 15 is 0 Å². The average molecular weight is 303 g/mol. The fraction of sp³-hybridized carbons (Fsp3) is 1.00. The molecule has 0 atom stereocenters. The molecule has 0 aromatic carbocycles. The predicted molar refractivity (Wildman–Crippen MR) is 101 cm³/mol. The van der Waals surface area contributed by atoms with Crippen LogP contribution in [0.15, 0.2) is 0 Å². The molecular formula is C19H46N2. The van der Waals surface area contributed by atoms with Crippen LogP contribution in [0.5, 0.6) is 0 Å². The number of likely N-dealkylation sites (tertiary alicyclic amines) is 2. The first kappa shape index (κ1) is 25.9. The van der Waals surface area contributed by atoms with Gasteiger partial charge in [-0.05, 0) is 71.4 Å². The summed E-state index contributed by atoms with van der Waals surface area (Å²) in [6.07, 6.45) is 7.03. The van der Waals surface area contributed by atoms with Crippen molar-refractivity contribution in [3.05, 3.63) is 0 Å². The lowest BCUT2D eigenvalue weighted by atomic mass is 10.4. The Morgan fingerprint density at radius 1 is 0.571 bits per heavy atom. The van der Waals surface area contributed by atoms with Crippen LogP contribution >= 0.6 is 0 Å². The maximum absolute atomic E-state index is 2.54. The summed E-state index contributed by atoms with van der Waals surface area (Å²) in [5, 5.41) is 0. The van der Waals surface area contributed by atoms with E-state index in [2.05, 4.69) is 23.6 Å². The third-order valence-corrected chi connectivity index (χ3v) is 3.38. The zero-order valence-electron chi connectivity index (χ0n) is 16.7. The highest BCUT2D eigenvalue weighted by Crippen LogP contribution is 2.06. The van der Waals surface area contributed by atoms with Crippen LogP contribution in [0.4, 0.5) is 0 Å². The third kappa shape index (κ3) is 17.9. The maximum atomic E-state index is 2.54. The highest BCUT2D eigenvalue weighted by atomic mass is 15.1. The van der Waals surface area contributed by atoms with Crippen molar-refractivity contribution in [1.82, 2.24) is 9.80 Å². The Bertz CT molecular complexity index is 137. The highest BCUT2D eigenvalue weighted by molar-refractivity contribution is 4.64. The van der Waals surface area contributed by atoms with Gasteiger partial charge in [0.25, 0.3) is 0 Å². The Labute approximate surface area is 137 Å². The summed E-state index contributed by atoms with van der Waals surface area (Å²) in [6, 6.07) is 0. The number of hydrogen-bond acceptors (Lipinski definition) is 2. The largest absolute Gasteiger partial charge is 0.304 e. The first-order valence-electron chi connectivity index (χ1n) is 9.81. The van der Waals surface area contributed by atoms with Crippen LogP contribution in [-0.2, 0) is 0 Å². The second-order valence-corrected chi connectivity index (χ2v) is 4.69. The Balaban J connectivity index is -0.000000229. The van der Waals surface area contributed by atoms with Crippen molar-refractivity contribution in [1.29, 1.82) is 0 Å². The summed E-state index contributed by atoms with van der Waals surface area (Å²) in [4.78, 5) is 5.03. The van der Waals surface area contributed by atoms with Crippen molar-refractivity contribution < 1.29 is 0 Å². The Hall–Kier alpha value is -0.0800. The summed E-state index contributed by atoms with van der Waals surface area (Å²) in [6.45, 7) is 24.4. The SMILES string of the molecule is CC.CC.CC.CCCN1CCCC1.CCN1CCCC1. The van der Waals surface area contributed by atoms with Crippen LogP contribution < -0.4 is 0 Å². The minimum atomic E-state index is 1.25. The molecule has 0 unspecified atom stereocenters. The topological polar surface area (TPSA) is 6.48 Å². The van der Waals surface area contributed by atoms with E-state index in [0.29, 0.717) is 0 Å². The average Bonchev–Trinajstić information content (AvgIpc) is 3.28. The first-order chi connectivity index (χ1) is 10.4. The summed E-state index contributed by atoms with van der Waals surface area (Å²) in [5.41, 5.74) is 0. The molecule has 0 aliphatic carbocycles. The molecular weight excluding hydrogens is 256 g/mol. The van der Waals surface area contributed by atoms with Gasteiger partial charge >= 0.3 is 0 Å². The van der Waals surface area contributed by atoms with Gasteiger partial charge in [0.1, 0.15) is 0 Å². The van der Waals surface area contributed by atoms with Crippen molar-refractivity contribution in [2.24, 2.45) is 0 Å². The second kappa shape index (κ2) is 24.9. The molecule has 0 aromatic rings. The third-order valence-electron chi connectivity index (χ3n) is 3.38. The van der Waals surface area contributed by atoms with E-state index in [1.807, 2.05) is 41.5 Å². The lowest BCUT2D eigenvalue weighted by Crippen LogP contribution is -2.19. The zero-order chi connectivity index (χ0) is 16.9. The van der Waals surface area contributed by atoms with Crippen LogP contribution in [0, 0.1) is 0 Å². The van der Waals surface area contributed by atoms with Gasteiger partial charge in [-0.3, -0.25) is 0 Å². The van der Waals surface area contributed by atoms with Gasteiger partial charge in [-0.1, -0.05) is 55.4 Å². The lowest BCUT2D eigenvalue weighted by Gasteiger charge is -2.11. The Morgan fingerprint density at radius 2 is 0.905 bits per heavy atom. The normalized spacial score (nSPS) is 17.1. The molecule has 0 N–H and O–H groups in total. The molecule has 2 fully saturated rings. The summed E-state index contributed by atoms with van der Waals surface area (Å²) in [5.74, 6) is 0. The maximum Gasteiger partial charge on any atom is -0.00183 e. The van der Waals surface area contributed by atoms with Gasteiger partial charge in [0.2, 0.25) is 0 Å². The molecule has 2 rings (SSSR count). The smallest absolute Gasteiger partial charge is 0.00183 e. The van der Waals surface area contributed by atoms with E-state index in [0.717, 1.165) is 0 Å². The van der Waals surface area contributed by atoms with E-state index in [-0.39, 0.29) is 0 Å². The lowest BCUT2D eigenvalue weighted by molar-refractivity contribution is 0.339. The summed E-state index contributed by atoms with van der Waals surface area (Å²) in [7, 11) is 0. The molecule has 2 heterocycles. The molecule has 0 aromatic heterocycles. The van der Waals surface area contributed by atoms with Crippen LogP contribution in [0.1, 0.15) is 87.5 Å². The van der Waals surface area contributed by atoms with E-state index in [9.17, 15) is 0 Å². The second-order valence-electron chi connectivity index (χ2n) is 4.69. The fourth-order valence-electron chi connectivity index (χ4n) is 2.42. The number of rotatable bonds is 3. The molecule has 0 spiro atoms. The van der Waals surface area contributed by atoms with Crippen molar-refractivity contribution in [3.63, 3.8) is 0 Å². The molecule has 2 aliphatic heterocycles. The van der Waals surface area contributed by atoms with Crippen molar-refractivity contribution in [2.45, 2.75) is 87.5 Å². The van der Waals surface area contributed by atoms with E-state index < -0.39 is 0 Å². The van der Waals surface area contributed by atoms with Crippen LogP contribution in [0.2, 0.25) is 0 Å². The van der Waals surface area contributed by atoms with Gasteiger partial charge in [-0.25, -0.2) is 0 Å². The molecule has 2 nitrogen and oxygen atoms in total. The quantitative estimate of drug-likeness (QED) is 0.662. The number of nitrogens with zero attached hydrogens (tertiary/aromatic N) is 2. The molecule has 2 aliphatic rings. The van der Waals surface area contributed by atoms with Crippen LogP contribution in [0.25, 0.3) is 0 Å². The molecule has 2 saturated heterocycles. The molecule has 0 amide bonds. The standard InChI is InChI=1S/C7H15N.C6H13N.3C2H6/c1-2-5-8-6-3-4-7-8;1-2-7-5-3-4-6-7;3*1-2/h2-7H2,1H3;2-6H2,1H3;3*1-2H3. The molecule has 0 bridgehead atoms. The fourth-order valence-corrected chi connectivity index (χ4v) is 2.42. The molecule has 2 heteroatoms. The number of hydrogen-bond donors (Lipinski definition) is 0. The van der Waals surface area contributed by atoms with Crippen LogP contribution in [0.3, 0.4) is 0 Å². The van der Waals surface area contributed by atoms with Gasteiger partial charge in [0, 0.05) is 0 Å². The minimum absolute atomic E-state index is 1.25. The minimum Gasteiger partial charge on any atom is -0.304 e. The van der Waals surface area contributed by atoms with E-state index in [4.69, 9.17) is 0 Å². The zero-order valence-corrected chi connectivity index (χ0v) is 16.7.